The SMILES string of the molecule is Cc1cc(C(Br)C(C)c2ccccn2)c(F)cc1F. The van der Waals surface area contributed by atoms with Gasteiger partial charge in [0.15, 0.2) is 0 Å². The molecule has 0 amide bonds. The highest BCUT2D eigenvalue weighted by Gasteiger charge is 2.22. The van der Waals surface area contributed by atoms with Crippen LogP contribution in [-0.4, -0.2) is 4.98 Å². The number of rotatable bonds is 3. The fraction of sp³-hybridized carbons (Fsp3) is 0.267. The van der Waals surface area contributed by atoms with Crippen LogP contribution in [-0.2, 0) is 0 Å². The Balaban J connectivity index is 2.34. The second kappa shape index (κ2) is 5.78. The van der Waals surface area contributed by atoms with E-state index >= 15 is 0 Å². The van der Waals surface area contributed by atoms with Crippen LogP contribution in [0.3, 0.4) is 0 Å². The molecule has 0 aliphatic heterocycles. The third-order valence-electron chi connectivity index (χ3n) is 3.17. The average Bonchev–Trinajstić information content (AvgIpc) is 2.42. The molecule has 0 saturated heterocycles. The molecule has 0 saturated carbocycles. The molecule has 1 nitrogen and oxygen atoms in total. The van der Waals surface area contributed by atoms with Gasteiger partial charge in [-0.2, -0.15) is 0 Å². The van der Waals surface area contributed by atoms with Crippen molar-refractivity contribution in [3.8, 4) is 0 Å². The number of aromatic nitrogens is 1. The van der Waals surface area contributed by atoms with E-state index in [1.54, 1.807) is 19.2 Å². The third kappa shape index (κ3) is 3.00. The van der Waals surface area contributed by atoms with Crippen molar-refractivity contribution >= 4 is 15.9 Å². The van der Waals surface area contributed by atoms with Crippen LogP contribution in [0, 0.1) is 18.6 Å². The first kappa shape index (κ1) is 14.1. The van der Waals surface area contributed by atoms with Gasteiger partial charge in [0.25, 0.3) is 0 Å². The number of alkyl halides is 1. The molecule has 2 atom stereocenters. The van der Waals surface area contributed by atoms with Crippen molar-refractivity contribution in [3.05, 3.63) is 65.0 Å². The number of aryl methyl sites for hydroxylation is 1. The lowest BCUT2D eigenvalue weighted by molar-refractivity contribution is 0.558. The van der Waals surface area contributed by atoms with Crippen molar-refractivity contribution in [1.82, 2.24) is 4.98 Å². The van der Waals surface area contributed by atoms with Crippen LogP contribution in [0.4, 0.5) is 8.78 Å². The largest absolute Gasteiger partial charge is 0.261 e. The van der Waals surface area contributed by atoms with Gasteiger partial charge in [-0.15, -0.1) is 0 Å². The van der Waals surface area contributed by atoms with Gasteiger partial charge >= 0.3 is 0 Å². The van der Waals surface area contributed by atoms with Crippen LogP contribution in [0.15, 0.2) is 36.5 Å². The molecule has 1 aromatic heterocycles. The third-order valence-corrected chi connectivity index (χ3v) is 4.45. The summed E-state index contributed by atoms with van der Waals surface area (Å²) in [7, 11) is 0. The summed E-state index contributed by atoms with van der Waals surface area (Å²) in [6, 6.07) is 8.10. The van der Waals surface area contributed by atoms with Gasteiger partial charge in [0.1, 0.15) is 11.6 Å². The van der Waals surface area contributed by atoms with Crippen molar-refractivity contribution in [1.29, 1.82) is 0 Å². The Labute approximate surface area is 119 Å². The van der Waals surface area contributed by atoms with Crippen molar-refractivity contribution < 1.29 is 8.78 Å². The molecule has 0 bridgehead atoms. The highest BCUT2D eigenvalue weighted by molar-refractivity contribution is 9.09. The molecule has 19 heavy (non-hydrogen) atoms. The Morgan fingerprint density at radius 3 is 2.53 bits per heavy atom. The summed E-state index contributed by atoms with van der Waals surface area (Å²) in [6.07, 6.45) is 1.71. The van der Waals surface area contributed by atoms with Gasteiger partial charge in [-0.25, -0.2) is 8.78 Å². The lowest BCUT2D eigenvalue weighted by atomic mass is 9.96. The molecule has 100 valence electrons. The number of benzene rings is 1. The standard InChI is InChI=1S/C15H14BrF2N/c1-9-7-11(13(18)8-12(9)17)15(16)10(2)14-5-3-4-6-19-14/h3-8,10,15H,1-2H3. The molecule has 2 unspecified atom stereocenters. The summed E-state index contributed by atoms with van der Waals surface area (Å²) in [6.45, 7) is 3.59. The zero-order valence-corrected chi connectivity index (χ0v) is 12.3. The van der Waals surface area contributed by atoms with E-state index in [-0.39, 0.29) is 10.7 Å². The predicted octanol–water partition coefficient (Wildman–Crippen LogP) is 4.91. The van der Waals surface area contributed by atoms with Crippen LogP contribution in [0.2, 0.25) is 0 Å². The molecule has 4 heteroatoms. The highest BCUT2D eigenvalue weighted by atomic mass is 79.9. The smallest absolute Gasteiger partial charge is 0.130 e. The average molecular weight is 326 g/mol. The zero-order chi connectivity index (χ0) is 14.0. The Hall–Kier alpha value is -1.29. The minimum atomic E-state index is -0.534. The van der Waals surface area contributed by atoms with Gasteiger partial charge in [-0.1, -0.05) is 28.9 Å². The topological polar surface area (TPSA) is 12.9 Å². The molecular weight excluding hydrogens is 312 g/mol. The van der Waals surface area contributed by atoms with E-state index in [0.29, 0.717) is 11.1 Å². The fourth-order valence-corrected chi connectivity index (χ4v) is 2.58. The van der Waals surface area contributed by atoms with Crippen LogP contribution in [0.1, 0.15) is 34.5 Å². The Morgan fingerprint density at radius 1 is 1.16 bits per heavy atom. The Kier molecular flexibility index (Phi) is 4.30. The quantitative estimate of drug-likeness (QED) is 0.731. The van der Waals surface area contributed by atoms with E-state index in [9.17, 15) is 8.78 Å². The van der Waals surface area contributed by atoms with Crippen LogP contribution >= 0.6 is 15.9 Å². The number of halogens is 3. The minimum Gasteiger partial charge on any atom is -0.261 e. The normalized spacial score (nSPS) is 14.2. The molecule has 1 aromatic carbocycles. The van der Waals surface area contributed by atoms with Crippen molar-refractivity contribution in [2.75, 3.05) is 0 Å². The van der Waals surface area contributed by atoms with E-state index in [2.05, 4.69) is 20.9 Å². The van der Waals surface area contributed by atoms with Crippen LogP contribution in [0.5, 0.6) is 0 Å². The summed E-state index contributed by atoms with van der Waals surface area (Å²) in [5.74, 6) is -1.07. The Bertz CT molecular complexity index is 572. The molecule has 0 spiro atoms. The number of nitrogens with zero attached hydrogens (tertiary/aromatic N) is 1. The molecule has 2 aromatic rings. The van der Waals surface area contributed by atoms with Crippen LogP contribution < -0.4 is 0 Å². The molecular formula is C15H14BrF2N. The predicted molar refractivity (Wildman–Crippen MR) is 75.4 cm³/mol. The maximum absolute atomic E-state index is 13.9. The monoisotopic (exact) mass is 325 g/mol. The van der Waals surface area contributed by atoms with Crippen LogP contribution in [0.25, 0.3) is 0 Å². The van der Waals surface area contributed by atoms with Gasteiger partial charge < -0.3 is 0 Å². The number of hydrogen-bond acceptors (Lipinski definition) is 1. The van der Waals surface area contributed by atoms with E-state index < -0.39 is 11.6 Å². The van der Waals surface area contributed by atoms with E-state index in [4.69, 9.17) is 0 Å². The fourth-order valence-electron chi connectivity index (χ4n) is 1.96. The van der Waals surface area contributed by atoms with Gasteiger partial charge in [-0.05, 0) is 30.7 Å². The molecule has 0 aliphatic carbocycles. The number of pyridine rings is 1. The summed E-state index contributed by atoms with van der Waals surface area (Å²) in [4.78, 5) is 4.02. The zero-order valence-electron chi connectivity index (χ0n) is 10.7. The molecule has 0 aliphatic rings. The lowest BCUT2D eigenvalue weighted by Gasteiger charge is -2.19. The summed E-state index contributed by atoms with van der Waals surface area (Å²) < 4.78 is 27.1. The lowest BCUT2D eigenvalue weighted by Crippen LogP contribution is -2.07. The van der Waals surface area contributed by atoms with E-state index in [0.717, 1.165) is 11.8 Å². The maximum Gasteiger partial charge on any atom is 0.130 e. The molecule has 0 fully saturated rings. The van der Waals surface area contributed by atoms with Gasteiger partial charge in [-0.3, -0.25) is 4.98 Å². The first-order valence-electron chi connectivity index (χ1n) is 6.01. The summed E-state index contributed by atoms with van der Waals surface area (Å²) >= 11 is 3.50. The minimum absolute atomic E-state index is 0.0134. The van der Waals surface area contributed by atoms with Gasteiger partial charge in [0.05, 0.1) is 4.83 Å². The summed E-state index contributed by atoms with van der Waals surface area (Å²) in [5.41, 5.74) is 1.76. The Morgan fingerprint density at radius 2 is 1.89 bits per heavy atom. The highest BCUT2D eigenvalue weighted by Crippen LogP contribution is 2.38. The van der Waals surface area contributed by atoms with Gasteiger partial charge in [0.2, 0.25) is 0 Å². The van der Waals surface area contributed by atoms with Crippen molar-refractivity contribution in [3.63, 3.8) is 0 Å². The first-order valence-corrected chi connectivity index (χ1v) is 6.93. The molecule has 0 N–H and O–H groups in total. The van der Waals surface area contributed by atoms with Crippen molar-refractivity contribution in [2.24, 2.45) is 0 Å². The van der Waals surface area contributed by atoms with E-state index in [1.165, 1.54) is 0 Å². The maximum atomic E-state index is 13.9. The van der Waals surface area contributed by atoms with Crippen molar-refractivity contribution in [2.45, 2.75) is 24.6 Å². The molecule has 1 heterocycles. The summed E-state index contributed by atoms with van der Waals surface area (Å²) in [5, 5.41) is 0. The molecule has 2 rings (SSSR count). The first-order chi connectivity index (χ1) is 9.00. The second-order valence-electron chi connectivity index (χ2n) is 4.57. The second-order valence-corrected chi connectivity index (χ2v) is 5.55. The van der Waals surface area contributed by atoms with Gasteiger partial charge in [0, 0.05) is 29.4 Å². The van der Waals surface area contributed by atoms with E-state index in [1.807, 2.05) is 25.1 Å². The molecule has 0 radical (unpaired) electrons. The number of hydrogen-bond donors (Lipinski definition) is 0.